The van der Waals surface area contributed by atoms with E-state index in [1.54, 1.807) is 35.4 Å². The highest BCUT2D eigenvalue weighted by molar-refractivity contribution is 5.95. The number of amides is 2. The number of carbonyl (C=O) groups excluding carboxylic acids is 3. The second-order valence-electron chi connectivity index (χ2n) is 13.7. The molecular weight excluding hydrogens is 732 g/mol. The van der Waals surface area contributed by atoms with Gasteiger partial charge in [-0.05, 0) is 79.6 Å². The Balaban J connectivity index is 0.000000177. The summed E-state index contributed by atoms with van der Waals surface area (Å²) in [5, 5.41) is 3.01. The van der Waals surface area contributed by atoms with Gasteiger partial charge in [0.25, 0.3) is 0 Å². The Bertz CT molecular complexity index is 2440. The van der Waals surface area contributed by atoms with Gasteiger partial charge in [-0.1, -0.05) is 12.1 Å². The molecule has 2 amide bonds. The molecule has 6 heterocycles. The van der Waals surface area contributed by atoms with Gasteiger partial charge in [0.05, 0.1) is 29.8 Å². The molecule has 0 spiro atoms. The van der Waals surface area contributed by atoms with E-state index < -0.39 is 5.97 Å². The van der Waals surface area contributed by atoms with E-state index in [4.69, 9.17) is 16.5 Å². The second-order valence-corrected chi connectivity index (χ2v) is 13.7. The summed E-state index contributed by atoms with van der Waals surface area (Å²) in [4.78, 5) is 68.2. The summed E-state index contributed by atoms with van der Waals surface area (Å²) in [6, 6.07) is 21.2. The maximum atomic E-state index is 13.3. The monoisotopic (exact) mass is 772 g/mol. The number of esters is 1. The number of benzene rings is 2. The number of nitrogens with two attached hydrogens (primary N) is 2. The van der Waals surface area contributed by atoms with Crippen LogP contribution in [0.3, 0.4) is 0 Å². The molecule has 0 radical (unpaired) electrons. The van der Waals surface area contributed by atoms with Crippen LogP contribution < -0.4 is 26.6 Å². The number of halogens is 1. The molecule has 2 saturated heterocycles. The third-order valence-corrected chi connectivity index (χ3v) is 9.73. The first kappa shape index (κ1) is 38.2. The molecule has 4 aromatic heterocycles. The fraction of sp³-hybridized carbons (Fsp3) is 0.275. The standard InChI is InChI=1S/C21H21FN6O3.C19H20N6O/c1-31-18(30)12-17(29)27-8-10-28(11-9-27)20-19-16(25-21(23)26-20)7-6-15(24-19)13-2-4-14(22)5-3-13;1-12-4-2-5-14(10-12)22-18(26)13-7-9-25(11-13)17-16-15(6-3-8-21-16)23-19(20)24-17/h2-7H,8-12H2,1H3,(H2,23,25,26);2-6,8,10,13H,7,9,11H2,1H3,(H,22,26)(H2,20,23,24)/t;13-/m.1/s1. The number of piperazine rings is 1. The molecule has 292 valence electrons. The Labute approximate surface area is 327 Å². The van der Waals surface area contributed by atoms with Crippen molar-refractivity contribution in [3.05, 3.63) is 90.4 Å². The summed E-state index contributed by atoms with van der Waals surface area (Å²) >= 11 is 0. The summed E-state index contributed by atoms with van der Waals surface area (Å²) in [6.07, 6.45) is 2.20. The number of methoxy groups -OCH3 is 1. The molecule has 0 saturated carbocycles. The Morgan fingerprint density at radius 1 is 0.807 bits per heavy atom. The third kappa shape index (κ3) is 8.93. The average molecular weight is 773 g/mol. The first-order valence-corrected chi connectivity index (χ1v) is 18.3. The first-order valence-electron chi connectivity index (χ1n) is 18.3. The summed E-state index contributed by atoms with van der Waals surface area (Å²) in [7, 11) is 1.26. The van der Waals surface area contributed by atoms with E-state index in [0.29, 0.717) is 72.1 Å². The van der Waals surface area contributed by atoms with Gasteiger partial charge in [-0.15, -0.1) is 0 Å². The van der Waals surface area contributed by atoms with Crippen LogP contribution in [-0.2, 0) is 19.1 Å². The lowest BCUT2D eigenvalue weighted by molar-refractivity contribution is -0.146. The largest absolute Gasteiger partial charge is 0.469 e. The Hall–Kier alpha value is -7.04. The number of fused-ring (bicyclic) bond motifs is 2. The van der Waals surface area contributed by atoms with Crippen LogP contribution in [0, 0.1) is 18.7 Å². The van der Waals surface area contributed by atoms with Gasteiger partial charge in [0.15, 0.2) is 11.6 Å². The number of anilines is 5. The number of hydrogen-bond acceptors (Lipinski definition) is 14. The molecule has 2 aromatic carbocycles. The molecule has 5 N–H and O–H groups in total. The topological polar surface area (TPSA) is 212 Å². The zero-order chi connectivity index (χ0) is 40.1. The molecule has 0 aliphatic carbocycles. The Kier molecular flexibility index (Phi) is 11.2. The van der Waals surface area contributed by atoms with Crippen molar-refractivity contribution in [2.75, 3.05) is 73.0 Å². The van der Waals surface area contributed by atoms with Crippen molar-refractivity contribution in [3.8, 4) is 11.3 Å². The summed E-state index contributed by atoms with van der Waals surface area (Å²) < 4.78 is 17.8. The van der Waals surface area contributed by atoms with Crippen LogP contribution >= 0.6 is 0 Å². The molecule has 1 atom stereocenters. The number of aryl methyl sites for hydroxylation is 1. The average Bonchev–Trinajstić information content (AvgIpc) is 3.71. The SMILES string of the molecule is COC(=O)CC(=O)N1CCN(c2nc(N)nc3ccc(-c4ccc(F)cc4)nc23)CC1.Cc1cccc(NC(=O)[C@@H]2CCN(c3nc(N)nc4cccnc34)C2)c1. The predicted molar refractivity (Wildman–Crippen MR) is 214 cm³/mol. The van der Waals surface area contributed by atoms with E-state index in [2.05, 4.69) is 39.9 Å². The third-order valence-electron chi connectivity index (χ3n) is 9.73. The van der Waals surface area contributed by atoms with Crippen LogP contribution in [0.5, 0.6) is 0 Å². The van der Waals surface area contributed by atoms with E-state index >= 15 is 0 Å². The summed E-state index contributed by atoms with van der Waals surface area (Å²) in [5.74, 6) is 0.389. The molecule has 2 fully saturated rings. The number of rotatable bonds is 7. The van der Waals surface area contributed by atoms with Crippen LogP contribution in [0.25, 0.3) is 33.3 Å². The highest BCUT2D eigenvalue weighted by Crippen LogP contribution is 2.30. The van der Waals surface area contributed by atoms with Crippen molar-refractivity contribution >= 4 is 69.1 Å². The minimum absolute atomic E-state index is 0.0254. The van der Waals surface area contributed by atoms with Crippen LogP contribution in [0.2, 0.25) is 0 Å². The Morgan fingerprint density at radius 2 is 1.51 bits per heavy atom. The molecule has 0 unspecified atom stereocenters. The van der Waals surface area contributed by atoms with Gasteiger partial charge in [0.2, 0.25) is 23.7 Å². The molecule has 0 bridgehead atoms. The summed E-state index contributed by atoms with van der Waals surface area (Å²) in [5.41, 5.74) is 17.7. The minimum Gasteiger partial charge on any atom is -0.469 e. The molecule has 17 heteroatoms. The van der Waals surface area contributed by atoms with Crippen molar-refractivity contribution in [1.29, 1.82) is 0 Å². The van der Waals surface area contributed by atoms with Gasteiger partial charge in [-0.25, -0.2) is 19.3 Å². The lowest BCUT2D eigenvalue weighted by Gasteiger charge is -2.35. The molecule has 16 nitrogen and oxygen atoms in total. The molecule has 8 rings (SSSR count). The van der Waals surface area contributed by atoms with Crippen molar-refractivity contribution in [3.63, 3.8) is 0 Å². The normalized spacial score (nSPS) is 15.3. The van der Waals surface area contributed by atoms with Crippen molar-refractivity contribution in [2.45, 2.75) is 19.8 Å². The molecule has 2 aliphatic rings. The zero-order valence-electron chi connectivity index (χ0n) is 31.4. The molecule has 6 aromatic rings. The van der Waals surface area contributed by atoms with Gasteiger partial charge in [0.1, 0.15) is 23.3 Å². The van der Waals surface area contributed by atoms with E-state index in [1.807, 2.05) is 48.2 Å². The second kappa shape index (κ2) is 16.8. The quantitative estimate of drug-likeness (QED) is 0.155. The fourth-order valence-electron chi connectivity index (χ4n) is 6.82. The number of carbonyl (C=O) groups is 3. The van der Waals surface area contributed by atoms with E-state index in [-0.39, 0.29) is 41.9 Å². The zero-order valence-corrected chi connectivity index (χ0v) is 31.4. The summed E-state index contributed by atoms with van der Waals surface area (Å²) in [6.45, 7) is 5.18. The number of aromatic nitrogens is 6. The molecule has 2 aliphatic heterocycles. The van der Waals surface area contributed by atoms with Crippen LogP contribution in [0.15, 0.2) is 79.0 Å². The predicted octanol–water partition coefficient (Wildman–Crippen LogP) is 4.01. The van der Waals surface area contributed by atoms with Crippen molar-refractivity contribution in [1.82, 2.24) is 34.8 Å². The van der Waals surface area contributed by atoms with Gasteiger partial charge in [-0.2, -0.15) is 9.97 Å². The van der Waals surface area contributed by atoms with E-state index in [0.717, 1.165) is 29.8 Å². The molecule has 57 heavy (non-hydrogen) atoms. The van der Waals surface area contributed by atoms with Crippen molar-refractivity contribution < 1.29 is 23.5 Å². The highest BCUT2D eigenvalue weighted by Gasteiger charge is 2.31. The minimum atomic E-state index is -0.556. The van der Waals surface area contributed by atoms with E-state index in [9.17, 15) is 18.8 Å². The van der Waals surface area contributed by atoms with Gasteiger partial charge < -0.3 is 36.2 Å². The number of nitrogens with one attached hydrogen (secondary N) is 1. The van der Waals surface area contributed by atoms with Crippen LogP contribution in [0.1, 0.15) is 18.4 Å². The van der Waals surface area contributed by atoms with Gasteiger partial charge >= 0.3 is 5.97 Å². The van der Waals surface area contributed by atoms with E-state index in [1.165, 1.54) is 19.2 Å². The van der Waals surface area contributed by atoms with Crippen LogP contribution in [0.4, 0.5) is 33.6 Å². The van der Waals surface area contributed by atoms with Crippen molar-refractivity contribution in [2.24, 2.45) is 5.92 Å². The van der Waals surface area contributed by atoms with Gasteiger partial charge in [-0.3, -0.25) is 19.4 Å². The lowest BCUT2D eigenvalue weighted by Crippen LogP contribution is -2.49. The number of nitrogen functional groups attached to an aromatic ring is 2. The molecular formula is C40H41FN12O4. The maximum Gasteiger partial charge on any atom is 0.315 e. The number of ether oxygens (including phenoxy) is 1. The fourth-order valence-corrected chi connectivity index (χ4v) is 6.82. The Morgan fingerprint density at radius 3 is 2.21 bits per heavy atom. The lowest BCUT2D eigenvalue weighted by atomic mass is 10.1. The van der Waals surface area contributed by atoms with Gasteiger partial charge in [0, 0.05) is 56.7 Å². The highest BCUT2D eigenvalue weighted by atomic mass is 19.1. The van der Waals surface area contributed by atoms with Crippen LogP contribution in [-0.4, -0.2) is 99.0 Å². The maximum absolute atomic E-state index is 13.3. The smallest absolute Gasteiger partial charge is 0.315 e. The number of hydrogen-bond donors (Lipinski definition) is 3. The number of nitrogens with zero attached hydrogens (tertiary/aromatic N) is 9. The number of pyridine rings is 2. The first-order chi connectivity index (χ1) is 27.5.